The van der Waals surface area contributed by atoms with E-state index in [0.29, 0.717) is 0 Å². The van der Waals surface area contributed by atoms with Gasteiger partial charge in [0.15, 0.2) is 0 Å². The van der Waals surface area contributed by atoms with Crippen LogP contribution < -0.4 is 5.32 Å². The molecule has 0 fully saturated rings. The number of rotatable bonds is 4. The first-order valence-corrected chi connectivity index (χ1v) is 6.19. The van der Waals surface area contributed by atoms with Gasteiger partial charge >= 0.3 is 0 Å². The highest BCUT2D eigenvalue weighted by atomic mass is 32.2. The van der Waals surface area contributed by atoms with Crippen LogP contribution in [0.2, 0.25) is 0 Å². The minimum Gasteiger partial charge on any atom is -0.437 e. The molecule has 4 heteroatoms. The lowest BCUT2D eigenvalue weighted by Gasteiger charge is -2.19. The van der Waals surface area contributed by atoms with Crippen molar-refractivity contribution in [3.63, 3.8) is 0 Å². The molecule has 0 unspecified atom stereocenters. The van der Waals surface area contributed by atoms with E-state index in [1.165, 1.54) is 0 Å². The molecule has 0 bridgehead atoms. The first-order valence-electron chi connectivity index (χ1n) is 5.20. The van der Waals surface area contributed by atoms with Gasteiger partial charge in [-0.1, -0.05) is 11.8 Å². The second-order valence-electron chi connectivity index (χ2n) is 4.65. The highest BCUT2D eigenvalue weighted by Gasteiger charge is 2.09. The minimum absolute atomic E-state index is 0.184. The highest BCUT2D eigenvalue weighted by molar-refractivity contribution is 7.99. The molecule has 0 aliphatic rings. The van der Waals surface area contributed by atoms with Gasteiger partial charge in [0.25, 0.3) is 5.22 Å². The maximum Gasteiger partial charge on any atom is 0.256 e. The Morgan fingerprint density at radius 1 is 1.33 bits per heavy atom. The zero-order valence-corrected chi connectivity index (χ0v) is 11.0. The molecule has 86 valence electrons. The molecular formula is C11H20N2OS. The maximum absolute atomic E-state index is 5.47. The van der Waals surface area contributed by atoms with Gasteiger partial charge in [0.1, 0.15) is 5.76 Å². The molecule has 0 aromatic carbocycles. The van der Waals surface area contributed by atoms with Crippen LogP contribution in [0.5, 0.6) is 0 Å². The molecule has 0 spiro atoms. The second-order valence-corrected chi connectivity index (χ2v) is 5.69. The van der Waals surface area contributed by atoms with Gasteiger partial charge in [-0.3, -0.25) is 0 Å². The van der Waals surface area contributed by atoms with E-state index in [1.807, 2.05) is 13.8 Å². The fourth-order valence-corrected chi connectivity index (χ4v) is 1.83. The van der Waals surface area contributed by atoms with Gasteiger partial charge in [-0.15, -0.1) is 0 Å². The molecule has 1 aromatic heterocycles. The Balaban J connectivity index is 2.26. The molecule has 0 saturated heterocycles. The molecule has 0 atom stereocenters. The first kappa shape index (κ1) is 12.6. The van der Waals surface area contributed by atoms with Crippen molar-refractivity contribution >= 4 is 11.8 Å². The fraction of sp³-hybridized carbons (Fsp3) is 0.727. The average Bonchev–Trinajstić information content (AvgIpc) is 2.39. The number of thioether (sulfide) groups is 1. The predicted molar refractivity (Wildman–Crippen MR) is 64.5 cm³/mol. The van der Waals surface area contributed by atoms with Gasteiger partial charge in [-0.05, 0) is 34.6 Å². The van der Waals surface area contributed by atoms with Gasteiger partial charge in [0, 0.05) is 17.8 Å². The first-order chi connectivity index (χ1) is 6.88. The van der Waals surface area contributed by atoms with E-state index in [-0.39, 0.29) is 5.54 Å². The van der Waals surface area contributed by atoms with Crippen molar-refractivity contribution in [3.8, 4) is 0 Å². The number of aryl methyl sites for hydroxylation is 2. The Hall–Kier alpha value is -0.480. The van der Waals surface area contributed by atoms with Crippen LogP contribution >= 0.6 is 11.8 Å². The summed E-state index contributed by atoms with van der Waals surface area (Å²) in [5.41, 5.74) is 1.17. The summed E-state index contributed by atoms with van der Waals surface area (Å²) in [4.78, 5) is 4.31. The number of hydrogen-bond donors (Lipinski definition) is 1. The lowest BCUT2D eigenvalue weighted by Crippen LogP contribution is -2.37. The molecule has 0 radical (unpaired) electrons. The Morgan fingerprint density at radius 2 is 2.00 bits per heavy atom. The monoisotopic (exact) mass is 228 g/mol. The summed E-state index contributed by atoms with van der Waals surface area (Å²) in [5.74, 6) is 1.90. The summed E-state index contributed by atoms with van der Waals surface area (Å²) in [5, 5.41) is 4.20. The van der Waals surface area contributed by atoms with Crippen LogP contribution in [0.25, 0.3) is 0 Å². The van der Waals surface area contributed by atoms with E-state index < -0.39 is 0 Å². The van der Waals surface area contributed by atoms with Crippen LogP contribution in [0.15, 0.2) is 9.64 Å². The molecule has 1 rings (SSSR count). The Morgan fingerprint density at radius 3 is 2.47 bits per heavy atom. The molecule has 0 aliphatic heterocycles. The highest BCUT2D eigenvalue weighted by Crippen LogP contribution is 2.19. The molecule has 0 saturated carbocycles. The van der Waals surface area contributed by atoms with E-state index in [2.05, 4.69) is 31.1 Å². The van der Waals surface area contributed by atoms with Gasteiger partial charge in [0.05, 0.1) is 5.69 Å². The smallest absolute Gasteiger partial charge is 0.256 e. The number of nitrogens with one attached hydrogen (secondary N) is 1. The summed E-state index contributed by atoms with van der Waals surface area (Å²) in [7, 11) is 0. The van der Waals surface area contributed by atoms with Crippen LogP contribution in [-0.4, -0.2) is 22.8 Å². The SMILES string of the molecule is Cc1nc(SCCNC(C)(C)C)oc1C. The standard InChI is InChI=1S/C11H20N2OS/c1-8-9(2)14-10(13-8)15-7-6-12-11(3,4)5/h12H,6-7H2,1-5H3. The summed E-state index contributed by atoms with van der Waals surface area (Å²) < 4.78 is 5.47. The quantitative estimate of drug-likeness (QED) is 0.635. The van der Waals surface area contributed by atoms with E-state index in [1.54, 1.807) is 11.8 Å². The largest absolute Gasteiger partial charge is 0.437 e. The molecule has 15 heavy (non-hydrogen) atoms. The fourth-order valence-electron chi connectivity index (χ4n) is 1.07. The summed E-state index contributed by atoms with van der Waals surface area (Å²) in [6, 6.07) is 0. The van der Waals surface area contributed by atoms with E-state index in [4.69, 9.17) is 4.42 Å². The van der Waals surface area contributed by atoms with Crippen molar-refractivity contribution in [2.24, 2.45) is 0 Å². The van der Waals surface area contributed by atoms with Crippen molar-refractivity contribution in [1.82, 2.24) is 10.3 Å². The van der Waals surface area contributed by atoms with Gasteiger partial charge in [-0.2, -0.15) is 0 Å². The van der Waals surface area contributed by atoms with Crippen molar-refractivity contribution < 1.29 is 4.42 Å². The van der Waals surface area contributed by atoms with E-state index in [0.717, 1.165) is 29.0 Å². The molecular weight excluding hydrogens is 208 g/mol. The third-order valence-corrected chi connectivity index (χ3v) is 2.82. The van der Waals surface area contributed by atoms with E-state index >= 15 is 0 Å². The topological polar surface area (TPSA) is 38.1 Å². The lowest BCUT2D eigenvalue weighted by molar-refractivity contribution is 0.427. The molecule has 1 aromatic rings. The van der Waals surface area contributed by atoms with Crippen LogP contribution in [0.4, 0.5) is 0 Å². The lowest BCUT2D eigenvalue weighted by atomic mass is 10.1. The molecule has 1 heterocycles. The molecule has 0 aliphatic carbocycles. The van der Waals surface area contributed by atoms with Crippen LogP contribution in [0.3, 0.4) is 0 Å². The zero-order valence-electron chi connectivity index (χ0n) is 10.2. The van der Waals surface area contributed by atoms with Crippen LogP contribution in [-0.2, 0) is 0 Å². The number of aromatic nitrogens is 1. The van der Waals surface area contributed by atoms with Crippen LogP contribution in [0.1, 0.15) is 32.2 Å². The third-order valence-electron chi connectivity index (χ3n) is 1.99. The van der Waals surface area contributed by atoms with Crippen LogP contribution in [0, 0.1) is 13.8 Å². The predicted octanol–water partition coefficient (Wildman–Crippen LogP) is 2.77. The Labute approximate surface area is 96.0 Å². The Kier molecular flexibility index (Phi) is 4.22. The zero-order chi connectivity index (χ0) is 11.5. The average molecular weight is 228 g/mol. The Bertz CT molecular complexity index is 295. The third kappa shape index (κ3) is 4.71. The van der Waals surface area contributed by atoms with E-state index in [9.17, 15) is 0 Å². The van der Waals surface area contributed by atoms with Crippen molar-refractivity contribution in [2.75, 3.05) is 12.3 Å². The van der Waals surface area contributed by atoms with Gasteiger partial charge in [-0.25, -0.2) is 4.98 Å². The van der Waals surface area contributed by atoms with Gasteiger partial charge in [0.2, 0.25) is 0 Å². The summed E-state index contributed by atoms with van der Waals surface area (Å²) >= 11 is 1.66. The normalized spacial score (nSPS) is 12.1. The van der Waals surface area contributed by atoms with Gasteiger partial charge < -0.3 is 9.73 Å². The maximum atomic E-state index is 5.47. The molecule has 3 nitrogen and oxygen atoms in total. The summed E-state index contributed by atoms with van der Waals surface area (Å²) in [6.07, 6.45) is 0. The second kappa shape index (κ2) is 5.03. The number of nitrogens with zero attached hydrogens (tertiary/aromatic N) is 1. The number of oxazole rings is 1. The minimum atomic E-state index is 0.184. The van der Waals surface area contributed by atoms with Crippen molar-refractivity contribution in [3.05, 3.63) is 11.5 Å². The molecule has 0 amide bonds. The van der Waals surface area contributed by atoms with Crippen molar-refractivity contribution in [1.29, 1.82) is 0 Å². The number of hydrogen-bond acceptors (Lipinski definition) is 4. The van der Waals surface area contributed by atoms with Crippen molar-refractivity contribution in [2.45, 2.75) is 45.4 Å². The molecule has 1 N–H and O–H groups in total. The summed E-state index contributed by atoms with van der Waals surface area (Å²) in [6.45, 7) is 11.4.